The third-order valence-electron chi connectivity index (χ3n) is 4.70. The molecule has 0 saturated carbocycles. The lowest BCUT2D eigenvalue weighted by Crippen LogP contribution is -2.36. The number of rotatable bonds is 6. The van der Waals surface area contributed by atoms with Crippen molar-refractivity contribution in [2.75, 3.05) is 38.3 Å². The first-order chi connectivity index (χ1) is 14.2. The number of anilines is 1. The molecule has 1 aromatic carbocycles. The van der Waals surface area contributed by atoms with E-state index in [0.29, 0.717) is 36.3 Å². The molecule has 3 aromatic rings. The molecule has 1 unspecified atom stereocenters. The number of carbonyl (C=O) groups excluding carboxylic acids is 1. The van der Waals surface area contributed by atoms with Crippen molar-refractivity contribution in [3.8, 4) is 16.5 Å². The van der Waals surface area contributed by atoms with Crippen LogP contribution in [0.1, 0.15) is 29.2 Å². The molecule has 1 N–H and O–H groups in total. The molecule has 4 rings (SSSR count). The molecular formula is C20H22N4O4S. The number of hydrogen-bond donors (Lipinski definition) is 1. The zero-order valence-corrected chi connectivity index (χ0v) is 17.1. The molecule has 0 bridgehead atoms. The molecule has 8 nitrogen and oxygen atoms in total. The predicted molar refractivity (Wildman–Crippen MR) is 110 cm³/mol. The summed E-state index contributed by atoms with van der Waals surface area (Å²) in [6.45, 7) is 4.82. The smallest absolute Gasteiger partial charge is 0.257 e. The van der Waals surface area contributed by atoms with Gasteiger partial charge in [0, 0.05) is 24.8 Å². The van der Waals surface area contributed by atoms with E-state index in [1.807, 2.05) is 29.6 Å². The number of thiophene rings is 1. The van der Waals surface area contributed by atoms with Gasteiger partial charge in [-0.2, -0.15) is 0 Å². The monoisotopic (exact) mass is 414 g/mol. The van der Waals surface area contributed by atoms with Gasteiger partial charge in [-0.25, -0.2) is 0 Å². The van der Waals surface area contributed by atoms with Crippen LogP contribution in [0.5, 0.6) is 5.75 Å². The van der Waals surface area contributed by atoms with Crippen LogP contribution in [0.25, 0.3) is 10.8 Å². The SMILES string of the molecule is COc1cc(N2CCOCC2)ccc1C(=O)NC(C)c1nnc(-c2cccs2)o1. The number of ether oxygens (including phenoxy) is 2. The van der Waals surface area contributed by atoms with E-state index in [-0.39, 0.29) is 5.91 Å². The molecule has 0 aliphatic carbocycles. The topological polar surface area (TPSA) is 89.7 Å². The third-order valence-corrected chi connectivity index (χ3v) is 5.55. The Morgan fingerprint density at radius 1 is 1.28 bits per heavy atom. The zero-order valence-electron chi connectivity index (χ0n) is 16.3. The summed E-state index contributed by atoms with van der Waals surface area (Å²) in [5.41, 5.74) is 1.46. The highest BCUT2D eigenvalue weighted by Crippen LogP contribution is 2.28. The molecule has 0 radical (unpaired) electrons. The Balaban J connectivity index is 1.47. The highest BCUT2D eigenvalue weighted by atomic mass is 32.1. The maximum Gasteiger partial charge on any atom is 0.257 e. The van der Waals surface area contributed by atoms with Gasteiger partial charge in [-0.3, -0.25) is 4.79 Å². The fourth-order valence-corrected chi connectivity index (χ4v) is 3.78. The highest BCUT2D eigenvalue weighted by molar-refractivity contribution is 7.13. The summed E-state index contributed by atoms with van der Waals surface area (Å²) < 4.78 is 16.6. The summed E-state index contributed by atoms with van der Waals surface area (Å²) in [5.74, 6) is 1.05. The molecule has 29 heavy (non-hydrogen) atoms. The number of methoxy groups -OCH3 is 1. The van der Waals surface area contributed by atoms with E-state index < -0.39 is 6.04 Å². The summed E-state index contributed by atoms with van der Waals surface area (Å²) >= 11 is 1.52. The number of hydrogen-bond acceptors (Lipinski definition) is 8. The number of benzene rings is 1. The van der Waals surface area contributed by atoms with Crippen LogP contribution in [0.3, 0.4) is 0 Å². The number of amides is 1. The summed E-state index contributed by atoms with van der Waals surface area (Å²) in [4.78, 5) is 15.9. The van der Waals surface area contributed by atoms with Crippen LogP contribution in [0.15, 0.2) is 40.1 Å². The van der Waals surface area contributed by atoms with E-state index in [0.717, 1.165) is 23.7 Å². The molecule has 1 amide bonds. The van der Waals surface area contributed by atoms with E-state index in [4.69, 9.17) is 13.9 Å². The van der Waals surface area contributed by atoms with E-state index in [1.54, 1.807) is 20.1 Å². The summed E-state index contributed by atoms with van der Waals surface area (Å²) in [5, 5.41) is 13.0. The molecular weight excluding hydrogens is 392 g/mol. The lowest BCUT2D eigenvalue weighted by atomic mass is 10.1. The fourth-order valence-electron chi connectivity index (χ4n) is 3.13. The Kier molecular flexibility index (Phi) is 5.77. The average molecular weight is 414 g/mol. The van der Waals surface area contributed by atoms with Crippen LogP contribution in [0, 0.1) is 0 Å². The van der Waals surface area contributed by atoms with Crippen molar-refractivity contribution in [2.24, 2.45) is 0 Å². The van der Waals surface area contributed by atoms with E-state index in [1.165, 1.54) is 11.3 Å². The van der Waals surface area contributed by atoms with Crippen molar-refractivity contribution in [3.63, 3.8) is 0 Å². The fraction of sp³-hybridized carbons (Fsp3) is 0.350. The lowest BCUT2D eigenvalue weighted by Gasteiger charge is -2.29. The van der Waals surface area contributed by atoms with Gasteiger partial charge in [0.1, 0.15) is 11.8 Å². The third kappa shape index (κ3) is 4.25. The standard InChI is InChI=1S/C20H22N4O4S/c1-13(19-22-23-20(28-19)17-4-3-11-29-17)21-18(25)15-6-5-14(12-16(15)26-2)24-7-9-27-10-8-24/h3-6,11-13H,7-10H2,1-2H3,(H,21,25). The molecule has 1 aliphatic rings. The van der Waals surface area contributed by atoms with Crippen LogP contribution >= 0.6 is 11.3 Å². The quantitative estimate of drug-likeness (QED) is 0.663. The zero-order chi connectivity index (χ0) is 20.2. The Hall–Kier alpha value is -2.91. The molecule has 1 saturated heterocycles. The van der Waals surface area contributed by atoms with Crippen molar-refractivity contribution in [1.82, 2.24) is 15.5 Å². The molecule has 2 aromatic heterocycles. The van der Waals surface area contributed by atoms with Gasteiger partial charge in [0.15, 0.2) is 0 Å². The van der Waals surface area contributed by atoms with Crippen molar-refractivity contribution < 1.29 is 18.7 Å². The molecule has 3 heterocycles. The minimum Gasteiger partial charge on any atom is -0.496 e. The van der Waals surface area contributed by atoms with E-state index in [9.17, 15) is 4.79 Å². The second-order valence-electron chi connectivity index (χ2n) is 6.60. The number of aromatic nitrogens is 2. The minimum absolute atomic E-state index is 0.265. The van der Waals surface area contributed by atoms with Crippen LogP contribution in [-0.4, -0.2) is 49.5 Å². The number of morpholine rings is 1. The van der Waals surface area contributed by atoms with Crippen molar-refractivity contribution in [3.05, 3.63) is 47.2 Å². The second-order valence-corrected chi connectivity index (χ2v) is 7.55. The van der Waals surface area contributed by atoms with Gasteiger partial charge < -0.3 is 24.1 Å². The Morgan fingerprint density at radius 2 is 2.10 bits per heavy atom. The Labute approximate surface area is 172 Å². The summed E-state index contributed by atoms with van der Waals surface area (Å²) in [7, 11) is 1.56. The van der Waals surface area contributed by atoms with Gasteiger partial charge in [0.05, 0.1) is 30.8 Å². The molecule has 1 aliphatic heterocycles. The van der Waals surface area contributed by atoms with E-state index >= 15 is 0 Å². The Bertz CT molecular complexity index is 967. The minimum atomic E-state index is -0.438. The number of carbonyl (C=O) groups is 1. The maximum atomic E-state index is 12.8. The van der Waals surface area contributed by atoms with Gasteiger partial charge in [-0.15, -0.1) is 21.5 Å². The van der Waals surface area contributed by atoms with Crippen molar-refractivity contribution in [1.29, 1.82) is 0 Å². The Morgan fingerprint density at radius 3 is 2.83 bits per heavy atom. The highest BCUT2D eigenvalue weighted by Gasteiger charge is 2.21. The normalized spacial score (nSPS) is 15.2. The first kappa shape index (κ1) is 19.4. The largest absolute Gasteiger partial charge is 0.496 e. The molecule has 152 valence electrons. The average Bonchev–Trinajstić information content (AvgIpc) is 3.45. The summed E-state index contributed by atoms with van der Waals surface area (Å²) in [6, 6.07) is 8.97. The van der Waals surface area contributed by atoms with Gasteiger partial charge >= 0.3 is 0 Å². The molecule has 0 spiro atoms. The van der Waals surface area contributed by atoms with Gasteiger partial charge in [-0.1, -0.05) is 6.07 Å². The van der Waals surface area contributed by atoms with Crippen molar-refractivity contribution in [2.45, 2.75) is 13.0 Å². The molecule has 9 heteroatoms. The van der Waals surface area contributed by atoms with Crippen LogP contribution in [-0.2, 0) is 4.74 Å². The summed E-state index contributed by atoms with van der Waals surface area (Å²) in [6.07, 6.45) is 0. The van der Waals surface area contributed by atoms with Gasteiger partial charge in [0.25, 0.3) is 11.8 Å². The number of nitrogens with zero attached hydrogens (tertiary/aromatic N) is 3. The first-order valence-corrected chi connectivity index (χ1v) is 10.2. The molecule has 1 atom stereocenters. The first-order valence-electron chi connectivity index (χ1n) is 9.34. The number of nitrogens with one attached hydrogen (secondary N) is 1. The lowest BCUT2D eigenvalue weighted by molar-refractivity contribution is 0.0931. The van der Waals surface area contributed by atoms with Crippen LogP contribution < -0.4 is 15.0 Å². The van der Waals surface area contributed by atoms with Gasteiger partial charge in [-0.05, 0) is 30.5 Å². The predicted octanol–water partition coefficient (Wildman–Crippen LogP) is 3.13. The maximum absolute atomic E-state index is 12.8. The van der Waals surface area contributed by atoms with Gasteiger partial charge in [0.2, 0.25) is 5.89 Å². The molecule has 1 fully saturated rings. The van der Waals surface area contributed by atoms with Crippen LogP contribution in [0.4, 0.5) is 5.69 Å². The van der Waals surface area contributed by atoms with E-state index in [2.05, 4.69) is 20.4 Å². The second kappa shape index (κ2) is 8.62. The van der Waals surface area contributed by atoms with Crippen molar-refractivity contribution >= 4 is 22.9 Å². The van der Waals surface area contributed by atoms with Crippen LogP contribution in [0.2, 0.25) is 0 Å².